The molecule has 3 aromatic rings. The van der Waals surface area contributed by atoms with Gasteiger partial charge in [-0.2, -0.15) is 18.3 Å². The van der Waals surface area contributed by atoms with E-state index in [0.29, 0.717) is 27.3 Å². The number of rotatable bonds is 5. The van der Waals surface area contributed by atoms with Gasteiger partial charge in [0, 0.05) is 18.0 Å². The Morgan fingerprint density at radius 1 is 1.28 bits per heavy atom. The van der Waals surface area contributed by atoms with Crippen LogP contribution >= 0.6 is 0 Å². The van der Waals surface area contributed by atoms with Gasteiger partial charge in [-0.05, 0) is 30.7 Å². The van der Waals surface area contributed by atoms with Crippen LogP contribution in [0.2, 0.25) is 0 Å². The summed E-state index contributed by atoms with van der Waals surface area (Å²) in [6, 6.07) is 3.36. The van der Waals surface area contributed by atoms with Gasteiger partial charge in [0.05, 0.1) is 36.4 Å². The highest BCUT2D eigenvalue weighted by Gasteiger charge is 2.50. The van der Waals surface area contributed by atoms with Gasteiger partial charge in [0.1, 0.15) is 18.0 Å². The Labute approximate surface area is 180 Å². The van der Waals surface area contributed by atoms with Crippen molar-refractivity contribution in [3.63, 3.8) is 0 Å². The molecule has 1 atom stereocenters. The van der Waals surface area contributed by atoms with Crippen molar-refractivity contribution in [2.45, 2.75) is 25.4 Å². The number of fused-ring (bicyclic) bond motifs is 1. The van der Waals surface area contributed by atoms with Crippen LogP contribution < -0.4 is 9.64 Å². The topological polar surface area (TPSA) is 93.4 Å². The van der Waals surface area contributed by atoms with Crippen LogP contribution in [0, 0.1) is 6.92 Å². The van der Waals surface area contributed by atoms with Crippen molar-refractivity contribution in [3.8, 4) is 17.0 Å². The third-order valence-electron chi connectivity index (χ3n) is 5.07. The molecule has 4 heterocycles. The standard InChI is InChI=1S/C21H18F3N5O3/c1-4-20(31)18-17(12(2)5-16(27-18)13-6-15(32-3)9-25-7-13)19(30)29(20)14-8-26-28(10-14)11-21(22,23)24/h4-10,31H,1,11H2,2-3H3. The smallest absolute Gasteiger partial charge is 0.408 e. The number of carbonyl (C=O) groups excluding carboxylic acids is 1. The molecule has 0 aromatic carbocycles. The lowest BCUT2D eigenvalue weighted by Crippen LogP contribution is -2.42. The average Bonchev–Trinajstić information content (AvgIpc) is 3.27. The van der Waals surface area contributed by atoms with Gasteiger partial charge in [0.15, 0.2) is 0 Å². The molecule has 0 aliphatic carbocycles. The molecule has 1 amide bonds. The number of aliphatic hydroxyl groups is 1. The number of hydrogen-bond acceptors (Lipinski definition) is 6. The minimum atomic E-state index is -4.49. The first kappa shape index (κ1) is 21.5. The number of carbonyl (C=O) groups is 1. The summed E-state index contributed by atoms with van der Waals surface area (Å²) in [7, 11) is 1.49. The molecule has 0 bridgehead atoms. The largest absolute Gasteiger partial charge is 0.495 e. The number of halogens is 3. The van der Waals surface area contributed by atoms with E-state index >= 15 is 0 Å². The van der Waals surface area contributed by atoms with E-state index in [9.17, 15) is 23.1 Å². The minimum absolute atomic E-state index is 0.0129. The Hall–Kier alpha value is -3.73. The molecular weight excluding hydrogens is 427 g/mol. The van der Waals surface area contributed by atoms with E-state index < -0.39 is 24.4 Å². The van der Waals surface area contributed by atoms with E-state index in [1.165, 1.54) is 13.3 Å². The number of anilines is 1. The molecule has 32 heavy (non-hydrogen) atoms. The molecule has 1 unspecified atom stereocenters. The molecule has 1 N–H and O–H groups in total. The number of aromatic nitrogens is 4. The number of hydrogen-bond donors (Lipinski definition) is 1. The predicted molar refractivity (Wildman–Crippen MR) is 108 cm³/mol. The Kier molecular flexibility index (Phi) is 5.00. The van der Waals surface area contributed by atoms with Crippen molar-refractivity contribution >= 4 is 11.6 Å². The van der Waals surface area contributed by atoms with Crippen molar-refractivity contribution in [3.05, 3.63) is 66.4 Å². The summed E-state index contributed by atoms with van der Waals surface area (Å²) in [5.74, 6) is -0.134. The van der Waals surface area contributed by atoms with Gasteiger partial charge in [0.2, 0.25) is 5.72 Å². The zero-order valence-corrected chi connectivity index (χ0v) is 17.1. The quantitative estimate of drug-likeness (QED) is 0.607. The normalized spacial score (nSPS) is 18.1. The van der Waals surface area contributed by atoms with E-state index in [1.807, 2.05) is 0 Å². The second kappa shape index (κ2) is 7.45. The molecule has 3 aromatic heterocycles. The molecule has 0 radical (unpaired) electrons. The molecule has 166 valence electrons. The third-order valence-corrected chi connectivity index (χ3v) is 5.07. The molecule has 0 fully saturated rings. The lowest BCUT2D eigenvalue weighted by molar-refractivity contribution is -0.142. The van der Waals surface area contributed by atoms with Crippen molar-refractivity contribution in [2.24, 2.45) is 0 Å². The highest BCUT2D eigenvalue weighted by Crippen LogP contribution is 2.42. The van der Waals surface area contributed by atoms with Crippen molar-refractivity contribution < 1.29 is 27.8 Å². The van der Waals surface area contributed by atoms with Crippen LogP contribution in [-0.4, -0.2) is 44.0 Å². The zero-order valence-electron chi connectivity index (χ0n) is 17.1. The summed E-state index contributed by atoms with van der Waals surface area (Å²) in [5.41, 5.74) is -0.437. The summed E-state index contributed by atoms with van der Waals surface area (Å²) in [6.45, 7) is 3.97. The maximum atomic E-state index is 13.2. The van der Waals surface area contributed by atoms with E-state index in [1.54, 1.807) is 25.3 Å². The number of aryl methyl sites for hydroxylation is 1. The van der Waals surface area contributed by atoms with E-state index in [2.05, 4.69) is 21.6 Å². The van der Waals surface area contributed by atoms with Crippen LogP contribution in [-0.2, 0) is 12.3 Å². The van der Waals surface area contributed by atoms with Crippen LogP contribution in [0.1, 0.15) is 21.6 Å². The third kappa shape index (κ3) is 3.50. The summed E-state index contributed by atoms with van der Waals surface area (Å²) < 4.78 is 44.0. The molecule has 0 spiro atoms. The maximum absolute atomic E-state index is 13.2. The average molecular weight is 445 g/mol. The van der Waals surface area contributed by atoms with Gasteiger partial charge in [-0.15, -0.1) is 0 Å². The fraction of sp³-hybridized carbons (Fsp3) is 0.238. The Bertz CT molecular complexity index is 1220. The Balaban J connectivity index is 1.82. The number of amides is 1. The second-order valence-corrected chi connectivity index (χ2v) is 7.24. The van der Waals surface area contributed by atoms with Crippen LogP contribution in [0.5, 0.6) is 5.75 Å². The van der Waals surface area contributed by atoms with E-state index in [-0.39, 0.29) is 16.9 Å². The predicted octanol–water partition coefficient (Wildman–Crippen LogP) is 3.21. The molecular formula is C21H18F3N5O3. The van der Waals surface area contributed by atoms with Crippen molar-refractivity contribution in [1.29, 1.82) is 0 Å². The van der Waals surface area contributed by atoms with Crippen molar-refractivity contribution in [1.82, 2.24) is 19.7 Å². The molecule has 1 aliphatic rings. The zero-order chi connectivity index (χ0) is 23.3. The fourth-order valence-corrected chi connectivity index (χ4v) is 3.64. The lowest BCUT2D eigenvalue weighted by atomic mass is 10.0. The van der Waals surface area contributed by atoms with E-state index in [4.69, 9.17) is 4.74 Å². The number of ether oxygens (including phenoxy) is 1. The summed E-state index contributed by atoms with van der Waals surface area (Å²) >= 11 is 0. The summed E-state index contributed by atoms with van der Waals surface area (Å²) in [4.78, 5) is 22.7. The van der Waals surface area contributed by atoms with Gasteiger partial charge in [-0.25, -0.2) is 4.98 Å². The van der Waals surface area contributed by atoms with Gasteiger partial charge in [0.25, 0.3) is 5.91 Å². The Morgan fingerprint density at radius 2 is 2.03 bits per heavy atom. The van der Waals surface area contributed by atoms with Crippen LogP contribution in [0.3, 0.4) is 0 Å². The van der Waals surface area contributed by atoms with E-state index in [0.717, 1.165) is 23.4 Å². The maximum Gasteiger partial charge on any atom is 0.408 e. The number of alkyl halides is 3. The first-order valence-electron chi connectivity index (χ1n) is 9.38. The molecule has 0 saturated heterocycles. The number of nitrogens with zero attached hydrogens (tertiary/aromatic N) is 5. The summed E-state index contributed by atoms with van der Waals surface area (Å²) in [6.07, 6.45) is 1.80. The van der Waals surface area contributed by atoms with Crippen LogP contribution in [0.15, 0.2) is 49.6 Å². The van der Waals surface area contributed by atoms with Crippen LogP contribution in [0.25, 0.3) is 11.3 Å². The number of pyridine rings is 2. The molecule has 0 saturated carbocycles. The lowest BCUT2D eigenvalue weighted by Gasteiger charge is -2.29. The van der Waals surface area contributed by atoms with Gasteiger partial charge < -0.3 is 9.84 Å². The fourth-order valence-electron chi connectivity index (χ4n) is 3.64. The molecule has 8 nitrogen and oxygen atoms in total. The SMILES string of the molecule is C=CC1(O)c2nc(-c3cncc(OC)c3)cc(C)c2C(=O)N1c1cnn(CC(F)(F)F)c1. The monoisotopic (exact) mass is 445 g/mol. The highest BCUT2D eigenvalue weighted by molar-refractivity contribution is 6.12. The highest BCUT2D eigenvalue weighted by atomic mass is 19.4. The molecule has 4 rings (SSSR count). The Morgan fingerprint density at radius 3 is 2.69 bits per heavy atom. The summed E-state index contributed by atoms with van der Waals surface area (Å²) in [5, 5.41) is 15.1. The van der Waals surface area contributed by atoms with Gasteiger partial charge in [-0.1, -0.05) is 6.58 Å². The van der Waals surface area contributed by atoms with Gasteiger partial charge in [-0.3, -0.25) is 19.4 Å². The number of methoxy groups -OCH3 is 1. The molecule has 11 heteroatoms. The first-order valence-corrected chi connectivity index (χ1v) is 9.38. The first-order chi connectivity index (χ1) is 15.1. The molecule has 1 aliphatic heterocycles. The second-order valence-electron chi connectivity index (χ2n) is 7.24. The minimum Gasteiger partial charge on any atom is -0.495 e. The van der Waals surface area contributed by atoms with Crippen molar-refractivity contribution in [2.75, 3.05) is 12.0 Å². The van der Waals surface area contributed by atoms with Crippen LogP contribution in [0.4, 0.5) is 18.9 Å². The van der Waals surface area contributed by atoms with Gasteiger partial charge >= 0.3 is 6.18 Å².